The summed E-state index contributed by atoms with van der Waals surface area (Å²) in [5.74, 6) is 1.83. The molecule has 2 aromatic carbocycles. The summed E-state index contributed by atoms with van der Waals surface area (Å²) in [7, 11) is 0. The van der Waals surface area contributed by atoms with Crippen LogP contribution in [0.15, 0.2) is 54.6 Å². The van der Waals surface area contributed by atoms with Gasteiger partial charge in [-0.3, -0.25) is 0 Å². The van der Waals surface area contributed by atoms with Gasteiger partial charge in [-0.25, -0.2) is 0 Å². The molecule has 1 aliphatic rings. The van der Waals surface area contributed by atoms with Gasteiger partial charge < -0.3 is 4.74 Å². The first-order valence-electron chi connectivity index (χ1n) is 7.66. The monoisotopic (exact) mass is 266 g/mol. The van der Waals surface area contributed by atoms with Gasteiger partial charge in [-0.15, -0.1) is 0 Å². The van der Waals surface area contributed by atoms with Crippen LogP contribution in [0.5, 0.6) is 5.75 Å². The van der Waals surface area contributed by atoms with Crippen LogP contribution < -0.4 is 4.74 Å². The second kappa shape index (κ2) is 6.60. The Balaban J connectivity index is 1.66. The average molecular weight is 266 g/mol. The molecule has 0 radical (unpaired) electrons. The third-order valence-corrected chi connectivity index (χ3v) is 4.24. The van der Waals surface area contributed by atoms with Crippen LogP contribution in [0, 0.1) is 5.92 Å². The third-order valence-electron chi connectivity index (χ3n) is 4.24. The van der Waals surface area contributed by atoms with Crippen molar-refractivity contribution in [2.45, 2.75) is 38.7 Å². The van der Waals surface area contributed by atoms with Crippen molar-refractivity contribution < 1.29 is 4.74 Å². The van der Waals surface area contributed by atoms with Crippen molar-refractivity contribution in [3.05, 3.63) is 65.7 Å². The molecule has 0 N–H and O–H groups in total. The van der Waals surface area contributed by atoms with Gasteiger partial charge in [0.1, 0.15) is 12.4 Å². The second-order valence-electron chi connectivity index (χ2n) is 5.73. The molecule has 1 fully saturated rings. The molecule has 20 heavy (non-hydrogen) atoms. The molecule has 0 unspecified atom stereocenters. The molecule has 0 spiro atoms. The molecule has 1 heteroatoms. The van der Waals surface area contributed by atoms with Gasteiger partial charge in [0, 0.05) is 0 Å². The van der Waals surface area contributed by atoms with Crippen molar-refractivity contribution in [3.8, 4) is 5.75 Å². The van der Waals surface area contributed by atoms with Crippen LogP contribution in [0.4, 0.5) is 0 Å². The number of benzene rings is 2. The minimum atomic E-state index is 0.674. The van der Waals surface area contributed by atoms with E-state index in [9.17, 15) is 0 Å². The van der Waals surface area contributed by atoms with E-state index in [0.717, 1.165) is 11.7 Å². The van der Waals surface area contributed by atoms with Crippen molar-refractivity contribution >= 4 is 0 Å². The summed E-state index contributed by atoms with van der Waals surface area (Å²) in [6.07, 6.45) is 6.83. The SMILES string of the molecule is c1ccc(OCc2ccccc2CC2CCCC2)cc1. The fourth-order valence-corrected chi connectivity index (χ4v) is 3.10. The molecule has 0 heterocycles. The summed E-state index contributed by atoms with van der Waals surface area (Å²) in [4.78, 5) is 0. The van der Waals surface area contributed by atoms with Gasteiger partial charge in [-0.1, -0.05) is 68.1 Å². The Labute approximate surface area is 121 Å². The fourth-order valence-electron chi connectivity index (χ4n) is 3.10. The molecular formula is C19H22O. The van der Waals surface area contributed by atoms with E-state index in [0.29, 0.717) is 6.61 Å². The zero-order valence-corrected chi connectivity index (χ0v) is 11.9. The van der Waals surface area contributed by atoms with Crippen molar-refractivity contribution in [2.24, 2.45) is 5.92 Å². The quantitative estimate of drug-likeness (QED) is 0.740. The Hall–Kier alpha value is -1.76. The van der Waals surface area contributed by atoms with Gasteiger partial charge in [-0.2, -0.15) is 0 Å². The smallest absolute Gasteiger partial charge is 0.119 e. The van der Waals surface area contributed by atoms with Gasteiger partial charge in [0.15, 0.2) is 0 Å². The molecule has 1 aliphatic carbocycles. The molecule has 0 atom stereocenters. The van der Waals surface area contributed by atoms with E-state index in [1.807, 2.05) is 30.3 Å². The van der Waals surface area contributed by atoms with Crippen LogP contribution in [-0.2, 0) is 13.0 Å². The summed E-state index contributed by atoms with van der Waals surface area (Å²) in [5, 5.41) is 0. The van der Waals surface area contributed by atoms with Gasteiger partial charge in [0.25, 0.3) is 0 Å². The highest BCUT2D eigenvalue weighted by atomic mass is 16.5. The molecule has 1 saturated carbocycles. The highest BCUT2D eigenvalue weighted by molar-refractivity contribution is 5.28. The topological polar surface area (TPSA) is 9.23 Å². The lowest BCUT2D eigenvalue weighted by atomic mass is 9.95. The zero-order valence-electron chi connectivity index (χ0n) is 11.9. The van der Waals surface area contributed by atoms with Crippen molar-refractivity contribution in [1.82, 2.24) is 0 Å². The molecular weight excluding hydrogens is 244 g/mol. The molecule has 0 aromatic heterocycles. The highest BCUT2D eigenvalue weighted by Gasteiger charge is 2.16. The van der Waals surface area contributed by atoms with Gasteiger partial charge in [0.05, 0.1) is 0 Å². The Bertz CT molecular complexity index is 526. The summed E-state index contributed by atoms with van der Waals surface area (Å²) < 4.78 is 5.90. The number of ether oxygens (including phenoxy) is 1. The maximum atomic E-state index is 5.90. The van der Waals surface area contributed by atoms with E-state index in [2.05, 4.69) is 24.3 Å². The molecule has 0 saturated heterocycles. The second-order valence-corrected chi connectivity index (χ2v) is 5.73. The van der Waals surface area contributed by atoms with E-state index in [1.54, 1.807) is 0 Å². The fraction of sp³-hybridized carbons (Fsp3) is 0.368. The predicted octanol–water partition coefficient (Wildman–Crippen LogP) is 5.00. The van der Waals surface area contributed by atoms with Gasteiger partial charge >= 0.3 is 0 Å². The third kappa shape index (κ3) is 3.41. The molecule has 0 aliphatic heterocycles. The normalized spacial score (nSPS) is 15.4. The van der Waals surface area contributed by atoms with Gasteiger partial charge in [0.2, 0.25) is 0 Å². The lowest BCUT2D eigenvalue weighted by molar-refractivity contribution is 0.304. The van der Waals surface area contributed by atoms with E-state index in [1.165, 1.54) is 43.2 Å². The first-order valence-corrected chi connectivity index (χ1v) is 7.66. The number of hydrogen-bond donors (Lipinski definition) is 0. The van der Waals surface area contributed by atoms with Crippen LogP contribution in [0.1, 0.15) is 36.8 Å². The number of para-hydroxylation sites is 1. The lowest BCUT2D eigenvalue weighted by Crippen LogP contribution is -2.05. The minimum absolute atomic E-state index is 0.674. The Morgan fingerprint density at radius 2 is 1.45 bits per heavy atom. The first-order chi connectivity index (χ1) is 9.92. The van der Waals surface area contributed by atoms with Crippen molar-refractivity contribution in [2.75, 3.05) is 0 Å². The maximum Gasteiger partial charge on any atom is 0.119 e. The predicted molar refractivity (Wildman–Crippen MR) is 82.9 cm³/mol. The largest absolute Gasteiger partial charge is 0.489 e. The minimum Gasteiger partial charge on any atom is -0.489 e. The standard InChI is InChI=1S/C19H22O/c1-2-12-19(13-3-1)20-15-18-11-7-6-10-17(18)14-16-8-4-5-9-16/h1-3,6-7,10-13,16H,4-5,8-9,14-15H2. The number of hydrogen-bond acceptors (Lipinski definition) is 1. The van der Waals surface area contributed by atoms with E-state index in [-0.39, 0.29) is 0 Å². The average Bonchev–Trinajstić information content (AvgIpc) is 3.00. The first kappa shape index (κ1) is 13.2. The summed E-state index contributed by atoms with van der Waals surface area (Å²) in [5.41, 5.74) is 2.80. The van der Waals surface area contributed by atoms with Crippen LogP contribution in [0.2, 0.25) is 0 Å². The Morgan fingerprint density at radius 1 is 0.800 bits per heavy atom. The van der Waals surface area contributed by atoms with Crippen LogP contribution in [-0.4, -0.2) is 0 Å². The number of rotatable bonds is 5. The molecule has 2 aromatic rings. The molecule has 104 valence electrons. The summed E-state index contributed by atoms with van der Waals surface area (Å²) >= 11 is 0. The zero-order chi connectivity index (χ0) is 13.6. The Morgan fingerprint density at radius 3 is 2.20 bits per heavy atom. The highest BCUT2D eigenvalue weighted by Crippen LogP contribution is 2.29. The van der Waals surface area contributed by atoms with E-state index >= 15 is 0 Å². The molecule has 3 rings (SSSR count). The van der Waals surface area contributed by atoms with E-state index in [4.69, 9.17) is 4.74 Å². The Kier molecular flexibility index (Phi) is 4.37. The molecule has 0 bridgehead atoms. The lowest BCUT2D eigenvalue weighted by Gasteiger charge is -2.14. The van der Waals surface area contributed by atoms with Crippen molar-refractivity contribution in [1.29, 1.82) is 0 Å². The maximum absolute atomic E-state index is 5.90. The van der Waals surface area contributed by atoms with Crippen LogP contribution >= 0.6 is 0 Å². The van der Waals surface area contributed by atoms with Gasteiger partial charge in [-0.05, 0) is 35.6 Å². The van der Waals surface area contributed by atoms with Crippen LogP contribution in [0.25, 0.3) is 0 Å². The molecule has 0 amide bonds. The van der Waals surface area contributed by atoms with Crippen LogP contribution in [0.3, 0.4) is 0 Å². The summed E-state index contributed by atoms with van der Waals surface area (Å²) in [6.45, 7) is 0.674. The molecule has 1 nitrogen and oxygen atoms in total. The van der Waals surface area contributed by atoms with E-state index < -0.39 is 0 Å². The summed E-state index contributed by atoms with van der Waals surface area (Å²) in [6, 6.07) is 18.8. The van der Waals surface area contributed by atoms with Crippen molar-refractivity contribution in [3.63, 3.8) is 0 Å².